The zero-order valence-corrected chi connectivity index (χ0v) is 13.5. The van der Waals surface area contributed by atoms with Gasteiger partial charge in [-0.3, -0.25) is 0 Å². The number of aryl methyl sites for hydroxylation is 2. The monoisotopic (exact) mass is 374 g/mol. The van der Waals surface area contributed by atoms with Crippen LogP contribution in [-0.4, -0.2) is 4.98 Å². The van der Waals surface area contributed by atoms with Gasteiger partial charge in [0.15, 0.2) is 0 Å². The van der Waals surface area contributed by atoms with Gasteiger partial charge in [-0.1, -0.05) is 0 Å². The molecule has 1 N–H and O–H groups in total. The molecule has 0 spiro atoms. The van der Waals surface area contributed by atoms with Crippen LogP contribution in [0.25, 0.3) is 0 Å². The highest BCUT2D eigenvalue weighted by atomic mass is 79.9. The molecule has 2 aromatic rings. The second-order valence-electron chi connectivity index (χ2n) is 3.80. The van der Waals surface area contributed by atoms with Crippen LogP contribution in [-0.2, 0) is 6.54 Å². The van der Waals surface area contributed by atoms with E-state index >= 15 is 0 Å². The Balaban J connectivity index is 2.04. The Morgan fingerprint density at radius 3 is 2.65 bits per heavy atom. The van der Waals surface area contributed by atoms with Crippen molar-refractivity contribution in [1.82, 2.24) is 4.98 Å². The summed E-state index contributed by atoms with van der Waals surface area (Å²) >= 11 is 8.72. The molecule has 0 aromatic carbocycles. The van der Waals surface area contributed by atoms with Crippen LogP contribution in [0.5, 0.6) is 0 Å². The van der Waals surface area contributed by atoms with Crippen LogP contribution in [0.4, 0.5) is 5.69 Å². The van der Waals surface area contributed by atoms with Gasteiger partial charge in [0.05, 0.1) is 11.9 Å². The van der Waals surface area contributed by atoms with Crippen molar-refractivity contribution in [2.45, 2.75) is 20.4 Å². The minimum Gasteiger partial charge on any atom is -0.379 e. The Kier molecular flexibility index (Phi) is 4.22. The van der Waals surface area contributed by atoms with Crippen LogP contribution < -0.4 is 5.32 Å². The molecule has 2 heterocycles. The second kappa shape index (κ2) is 5.50. The molecule has 0 aliphatic heterocycles. The lowest BCUT2D eigenvalue weighted by Crippen LogP contribution is -1.98. The molecule has 17 heavy (non-hydrogen) atoms. The van der Waals surface area contributed by atoms with Gasteiger partial charge in [0.1, 0.15) is 4.60 Å². The van der Waals surface area contributed by atoms with Crippen molar-refractivity contribution in [3.63, 3.8) is 0 Å². The zero-order valence-electron chi connectivity index (χ0n) is 9.55. The summed E-state index contributed by atoms with van der Waals surface area (Å²) in [6.45, 7) is 4.98. The van der Waals surface area contributed by atoms with Crippen LogP contribution in [0, 0.1) is 13.8 Å². The molecule has 2 aromatic heterocycles. The fourth-order valence-corrected chi connectivity index (χ4v) is 3.21. The smallest absolute Gasteiger partial charge is 0.109 e. The van der Waals surface area contributed by atoms with Crippen molar-refractivity contribution in [3.8, 4) is 0 Å². The Morgan fingerprint density at radius 1 is 1.29 bits per heavy atom. The first-order valence-electron chi connectivity index (χ1n) is 5.17. The van der Waals surface area contributed by atoms with E-state index in [9.17, 15) is 0 Å². The second-order valence-corrected chi connectivity index (χ2v) is 6.75. The van der Waals surface area contributed by atoms with E-state index in [2.05, 4.69) is 61.2 Å². The first-order valence-corrected chi connectivity index (χ1v) is 7.57. The number of nitrogens with one attached hydrogen (secondary N) is 1. The first-order chi connectivity index (χ1) is 8.06. The number of hydrogen-bond donors (Lipinski definition) is 1. The van der Waals surface area contributed by atoms with E-state index in [4.69, 9.17) is 0 Å². The maximum Gasteiger partial charge on any atom is 0.109 e. The zero-order chi connectivity index (χ0) is 12.4. The van der Waals surface area contributed by atoms with Gasteiger partial charge in [0, 0.05) is 20.8 Å². The van der Waals surface area contributed by atoms with Gasteiger partial charge >= 0.3 is 0 Å². The van der Waals surface area contributed by atoms with E-state index in [0.717, 1.165) is 22.4 Å². The maximum absolute atomic E-state index is 4.26. The van der Waals surface area contributed by atoms with Crippen LogP contribution >= 0.6 is 43.2 Å². The van der Waals surface area contributed by atoms with Crippen molar-refractivity contribution in [3.05, 3.63) is 42.7 Å². The third-order valence-corrected chi connectivity index (χ3v) is 5.36. The van der Waals surface area contributed by atoms with Gasteiger partial charge in [-0.15, -0.1) is 11.3 Å². The Morgan fingerprint density at radius 2 is 2.06 bits per heavy atom. The molecule has 0 saturated carbocycles. The maximum atomic E-state index is 4.26. The minimum atomic E-state index is 0.833. The Hall–Kier alpha value is -0.390. The third kappa shape index (κ3) is 3.30. The fourth-order valence-electron chi connectivity index (χ4n) is 1.45. The molecule has 0 atom stereocenters. The van der Waals surface area contributed by atoms with Gasteiger partial charge in [0.25, 0.3) is 0 Å². The summed E-state index contributed by atoms with van der Waals surface area (Å²) < 4.78 is 2.09. The highest BCUT2D eigenvalue weighted by Crippen LogP contribution is 2.27. The highest BCUT2D eigenvalue weighted by molar-refractivity contribution is 9.10. The summed E-state index contributed by atoms with van der Waals surface area (Å²) in [5, 5.41) is 3.38. The van der Waals surface area contributed by atoms with Gasteiger partial charge < -0.3 is 5.32 Å². The van der Waals surface area contributed by atoms with E-state index in [0.29, 0.717) is 0 Å². The summed E-state index contributed by atoms with van der Waals surface area (Å²) in [6.07, 6.45) is 1.84. The molecule has 90 valence electrons. The molecule has 5 heteroatoms. The van der Waals surface area contributed by atoms with E-state index in [1.54, 1.807) is 11.3 Å². The van der Waals surface area contributed by atoms with Gasteiger partial charge in [-0.25, -0.2) is 4.98 Å². The normalized spacial score (nSPS) is 10.6. The molecule has 0 amide bonds. The largest absolute Gasteiger partial charge is 0.379 e. The third-order valence-electron chi connectivity index (χ3n) is 2.39. The lowest BCUT2D eigenvalue weighted by molar-refractivity contribution is 1.15. The summed E-state index contributed by atoms with van der Waals surface area (Å²) in [7, 11) is 0. The number of aromatic nitrogens is 1. The van der Waals surface area contributed by atoms with Crippen LogP contribution in [0.3, 0.4) is 0 Å². The molecule has 0 saturated heterocycles. The predicted octanol–water partition coefficient (Wildman–Crippen LogP) is 4.90. The number of halogens is 2. The van der Waals surface area contributed by atoms with E-state index < -0.39 is 0 Å². The number of anilines is 1. The molecular formula is C12H12Br2N2S. The molecule has 0 unspecified atom stereocenters. The number of hydrogen-bond acceptors (Lipinski definition) is 3. The van der Waals surface area contributed by atoms with Gasteiger partial charge in [-0.2, -0.15) is 0 Å². The molecule has 2 nitrogen and oxygen atoms in total. The lowest BCUT2D eigenvalue weighted by Gasteiger charge is -2.06. The summed E-state index contributed by atoms with van der Waals surface area (Å²) in [5.74, 6) is 0. The fraction of sp³-hybridized carbons (Fsp3) is 0.250. The van der Waals surface area contributed by atoms with Crippen molar-refractivity contribution in [2.75, 3.05) is 5.32 Å². The SMILES string of the molecule is Cc1cc(NCc2cc(Br)c(C)s2)cnc1Br. The standard InChI is InChI=1S/C12H12Br2N2S/c1-7-3-9(5-16-12(7)14)15-6-10-4-11(13)8(2)17-10/h3-5,15H,6H2,1-2H3. The summed E-state index contributed by atoms with van der Waals surface area (Å²) in [6, 6.07) is 4.25. The Bertz CT molecular complexity index is 518. The molecule has 0 aliphatic carbocycles. The van der Waals surface area contributed by atoms with Crippen molar-refractivity contribution < 1.29 is 0 Å². The van der Waals surface area contributed by atoms with Gasteiger partial charge in [0.2, 0.25) is 0 Å². The van der Waals surface area contributed by atoms with E-state index in [-0.39, 0.29) is 0 Å². The predicted molar refractivity (Wildman–Crippen MR) is 80.8 cm³/mol. The quantitative estimate of drug-likeness (QED) is 0.772. The van der Waals surface area contributed by atoms with Crippen molar-refractivity contribution >= 4 is 48.9 Å². The first kappa shape index (κ1) is 13.1. The van der Waals surface area contributed by atoms with Gasteiger partial charge in [-0.05, 0) is 63.4 Å². The Labute approximate surface area is 122 Å². The van der Waals surface area contributed by atoms with E-state index in [1.165, 1.54) is 14.2 Å². The molecule has 2 rings (SSSR count). The van der Waals surface area contributed by atoms with Crippen LogP contribution in [0.15, 0.2) is 27.4 Å². The number of pyridine rings is 1. The van der Waals surface area contributed by atoms with Crippen molar-refractivity contribution in [2.24, 2.45) is 0 Å². The topological polar surface area (TPSA) is 24.9 Å². The van der Waals surface area contributed by atoms with E-state index in [1.807, 2.05) is 13.1 Å². The molecule has 0 radical (unpaired) electrons. The average molecular weight is 376 g/mol. The van der Waals surface area contributed by atoms with Crippen molar-refractivity contribution in [1.29, 1.82) is 0 Å². The lowest BCUT2D eigenvalue weighted by atomic mass is 10.3. The average Bonchev–Trinajstić information content (AvgIpc) is 2.60. The molecule has 0 aliphatic rings. The van der Waals surface area contributed by atoms with Crippen LogP contribution in [0.1, 0.15) is 15.3 Å². The minimum absolute atomic E-state index is 0.833. The van der Waals surface area contributed by atoms with Crippen LogP contribution in [0.2, 0.25) is 0 Å². The summed E-state index contributed by atoms with van der Waals surface area (Å²) in [4.78, 5) is 6.89. The molecule has 0 fully saturated rings. The molecule has 0 bridgehead atoms. The number of thiophene rings is 1. The summed E-state index contributed by atoms with van der Waals surface area (Å²) in [5.41, 5.74) is 2.19. The number of nitrogens with zero attached hydrogens (tertiary/aromatic N) is 1. The highest BCUT2D eigenvalue weighted by Gasteiger charge is 2.03. The number of rotatable bonds is 3. The molecular weight excluding hydrogens is 364 g/mol.